The van der Waals surface area contributed by atoms with E-state index in [1.807, 2.05) is 36.4 Å². The van der Waals surface area contributed by atoms with Gasteiger partial charge in [0.15, 0.2) is 17.5 Å². The van der Waals surface area contributed by atoms with Gasteiger partial charge in [-0.15, -0.1) is 0 Å². The van der Waals surface area contributed by atoms with E-state index in [1.54, 1.807) is 18.6 Å². The Labute approximate surface area is 258 Å². The molecule has 0 saturated carbocycles. The highest BCUT2D eigenvalue weighted by molar-refractivity contribution is 5.92. The first-order chi connectivity index (χ1) is 22.1. The van der Waals surface area contributed by atoms with E-state index in [2.05, 4.69) is 80.6 Å². The van der Waals surface area contributed by atoms with Gasteiger partial charge in [-0.2, -0.15) is 0 Å². The molecule has 6 aromatic heterocycles. The number of rotatable bonds is 6. The first-order valence-electron chi connectivity index (χ1n) is 14.0. The van der Waals surface area contributed by atoms with Crippen LogP contribution < -0.4 is 0 Å². The van der Waals surface area contributed by atoms with Crippen LogP contribution in [0.15, 0.2) is 93.0 Å². The summed E-state index contributed by atoms with van der Waals surface area (Å²) >= 11 is 0. The summed E-state index contributed by atoms with van der Waals surface area (Å²) in [4.78, 5) is 51.4. The van der Waals surface area contributed by atoms with Crippen LogP contribution >= 0.6 is 0 Å². The largest absolute Gasteiger partial charge is 0.253 e. The zero-order valence-corrected chi connectivity index (χ0v) is 24.5. The maximum atomic E-state index is 4.56. The molecule has 0 amide bonds. The molecule has 1 aromatic carbocycles. The standard InChI is InChI=1S/C33H24N12/c1-19-28(22-4-7-37-25(10-22)31-40-13-34-14-41-31)20(2)30(24-6-9-39-27(12-24)33-44-17-36-18-45-33)21(3)29(19)23-5-8-38-26(11-23)32-42-15-35-16-43-32/h4-18H,1-3H3. The minimum Gasteiger partial charge on any atom is -0.253 e. The molecule has 45 heavy (non-hydrogen) atoms. The van der Waals surface area contributed by atoms with E-state index in [9.17, 15) is 0 Å². The van der Waals surface area contributed by atoms with Gasteiger partial charge in [-0.3, -0.25) is 15.0 Å². The molecule has 6 heterocycles. The summed E-state index contributed by atoms with van der Waals surface area (Å²) in [6.45, 7) is 6.43. The van der Waals surface area contributed by atoms with E-state index in [1.165, 1.54) is 38.0 Å². The first-order valence-corrected chi connectivity index (χ1v) is 14.0. The van der Waals surface area contributed by atoms with Crippen molar-refractivity contribution in [1.29, 1.82) is 0 Å². The zero-order valence-electron chi connectivity index (χ0n) is 24.5. The average Bonchev–Trinajstić information content (AvgIpc) is 3.10. The van der Waals surface area contributed by atoms with Gasteiger partial charge in [-0.1, -0.05) is 0 Å². The SMILES string of the molecule is Cc1c(-c2ccnc(-c3ncncn3)c2)c(C)c(-c2ccnc(-c3ncncn3)c2)c(C)c1-c1ccnc(-c2ncncn2)c1. The number of hydrogen-bond donors (Lipinski definition) is 0. The summed E-state index contributed by atoms with van der Waals surface area (Å²) in [5, 5.41) is 0. The maximum absolute atomic E-state index is 4.56. The van der Waals surface area contributed by atoms with Crippen LogP contribution in [0.4, 0.5) is 0 Å². The second-order valence-corrected chi connectivity index (χ2v) is 10.2. The normalized spacial score (nSPS) is 11.0. The van der Waals surface area contributed by atoms with Gasteiger partial charge in [-0.25, -0.2) is 44.9 Å². The molecule has 12 nitrogen and oxygen atoms in total. The number of benzene rings is 1. The highest BCUT2D eigenvalue weighted by Crippen LogP contribution is 2.44. The van der Waals surface area contributed by atoms with Crippen LogP contribution in [0.3, 0.4) is 0 Å². The highest BCUT2D eigenvalue weighted by Gasteiger charge is 2.22. The van der Waals surface area contributed by atoms with Crippen molar-refractivity contribution < 1.29 is 0 Å². The number of pyridine rings is 3. The molecule has 0 saturated heterocycles. The molecule has 0 aliphatic rings. The summed E-state index contributed by atoms with van der Waals surface area (Å²) in [5.74, 6) is 1.51. The Morgan fingerprint density at radius 2 is 0.622 bits per heavy atom. The summed E-state index contributed by atoms with van der Waals surface area (Å²) in [5.41, 5.74) is 11.4. The first kappa shape index (κ1) is 27.5. The van der Waals surface area contributed by atoms with Crippen LogP contribution in [0, 0.1) is 20.8 Å². The fraction of sp³-hybridized carbons (Fsp3) is 0.0909. The second-order valence-electron chi connectivity index (χ2n) is 10.2. The quantitative estimate of drug-likeness (QED) is 0.246. The Bertz CT molecular complexity index is 1870. The third-order valence-electron chi connectivity index (χ3n) is 7.56. The van der Waals surface area contributed by atoms with Crippen LogP contribution in [0.1, 0.15) is 16.7 Å². The van der Waals surface area contributed by atoms with Crippen molar-refractivity contribution in [3.05, 3.63) is 110 Å². The topological polar surface area (TPSA) is 155 Å². The number of hydrogen-bond acceptors (Lipinski definition) is 12. The molecule has 0 spiro atoms. The molecule has 7 aromatic rings. The molecule has 0 aliphatic heterocycles. The van der Waals surface area contributed by atoms with E-state index in [0.717, 1.165) is 50.1 Å². The summed E-state index contributed by atoms with van der Waals surface area (Å²) < 4.78 is 0. The van der Waals surface area contributed by atoms with E-state index in [-0.39, 0.29) is 0 Å². The lowest BCUT2D eigenvalue weighted by Gasteiger charge is -2.23. The summed E-state index contributed by atoms with van der Waals surface area (Å²) in [7, 11) is 0. The monoisotopic (exact) mass is 588 g/mol. The van der Waals surface area contributed by atoms with E-state index < -0.39 is 0 Å². The third kappa shape index (κ3) is 5.25. The maximum Gasteiger partial charge on any atom is 0.181 e. The van der Waals surface area contributed by atoms with Gasteiger partial charge in [0.25, 0.3) is 0 Å². The highest BCUT2D eigenvalue weighted by atomic mass is 15.0. The molecule has 7 rings (SSSR count). The molecule has 0 fully saturated rings. The number of nitrogens with zero attached hydrogens (tertiary/aromatic N) is 12. The van der Waals surface area contributed by atoms with Crippen molar-refractivity contribution in [3.8, 4) is 67.9 Å². The van der Waals surface area contributed by atoms with Crippen LogP contribution in [-0.2, 0) is 0 Å². The fourth-order valence-electron chi connectivity index (χ4n) is 5.76. The lowest BCUT2D eigenvalue weighted by atomic mass is 9.81. The third-order valence-corrected chi connectivity index (χ3v) is 7.56. The second kappa shape index (κ2) is 11.8. The van der Waals surface area contributed by atoms with Gasteiger partial charge in [-0.05, 0) is 107 Å². The molecule has 0 atom stereocenters. The van der Waals surface area contributed by atoms with Gasteiger partial charge < -0.3 is 0 Å². The van der Waals surface area contributed by atoms with Crippen molar-refractivity contribution in [2.24, 2.45) is 0 Å². The fourth-order valence-corrected chi connectivity index (χ4v) is 5.76. The lowest BCUT2D eigenvalue weighted by Crippen LogP contribution is -2.02. The van der Waals surface area contributed by atoms with Crippen molar-refractivity contribution in [3.63, 3.8) is 0 Å². The van der Waals surface area contributed by atoms with Gasteiger partial charge in [0.1, 0.15) is 55.0 Å². The molecule has 0 bridgehead atoms. The van der Waals surface area contributed by atoms with Crippen LogP contribution in [0.25, 0.3) is 67.9 Å². The molecule has 216 valence electrons. The summed E-state index contributed by atoms with van der Waals surface area (Å²) in [6.07, 6.45) is 14.2. The van der Waals surface area contributed by atoms with Crippen molar-refractivity contribution >= 4 is 0 Å². The molecular weight excluding hydrogens is 564 g/mol. The minimum atomic E-state index is 0.502. The van der Waals surface area contributed by atoms with Crippen molar-refractivity contribution in [2.45, 2.75) is 20.8 Å². The van der Waals surface area contributed by atoms with E-state index in [0.29, 0.717) is 34.6 Å². The molecule has 12 heteroatoms. The molecule has 0 unspecified atom stereocenters. The molecule has 0 radical (unpaired) electrons. The van der Waals surface area contributed by atoms with Gasteiger partial charge in [0.2, 0.25) is 0 Å². The van der Waals surface area contributed by atoms with Gasteiger partial charge in [0.05, 0.1) is 0 Å². The molecule has 0 aliphatic carbocycles. The number of aromatic nitrogens is 12. The smallest absolute Gasteiger partial charge is 0.181 e. The van der Waals surface area contributed by atoms with Crippen LogP contribution in [0.2, 0.25) is 0 Å². The Morgan fingerprint density at radius 3 is 0.889 bits per heavy atom. The van der Waals surface area contributed by atoms with Gasteiger partial charge >= 0.3 is 0 Å². The summed E-state index contributed by atoms with van der Waals surface area (Å²) in [6, 6.07) is 12.1. The van der Waals surface area contributed by atoms with Crippen LogP contribution in [0.5, 0.6) is 0 Å². The van der Waals surface area contributed by atoms with E-state index in [4.69, 9.17) is 0 Å². The van der Waals surface area contributed by atoms with Crippen LogP contribution in [-0.4, -0.2) is 59.8 Å². The molecular formula is C33H24N12. The Hall–Kier alpha value is -6.30. The van der Waals surface area contributed by atoms with Crippen molar-refractivity contribution in [2.75, 3.05) is 0 Å². The Kier molecular flexibility index (Phi) is 7.20. The van der Waals surface area contributed by atoms with Gasteiger partial charge in [0, 0.05) is 18.6 Å². The Balaban J connectivity index is 1.49. The predicted molar refractivity (Wildman–Crippen MR) is 167 cm³/mol. The predicted octanol–water partition coefficient (Wildman–Crippen LogP) is 5.35. The lowest BCUT2D eigenvalue weighted by molar-refractivity contribution is 1.04. The Morgan fingerprint density at radius 1 is 0.356 bits per heavy atom. The zero-order chi connectivity index (χ0) is 30.8. The minimum absolute atomic E-state index is 0.502. The molecule has 0 N–H and O–H groups in total. The van der Waals surface area contributed by atoms with E-state index >= 15 is 0 Å². The average molecular weight is 589 g/mol. The van der Waals surface area contributed by atoms with Crippen molar-refractivity contribution in [1.82, 2.24) is 59.8 Å².